The molecule has 31 heavy (non-hydrogen) atoms. The summed E-state index contributed by atoms with van der Waals surface area (Å²) < 4.78 is 53.0. The van der Waals surface area contributed by atoms with Crippen molar-refractivity contribution in [2.24, 2.45) is 0 Å². The number of rotatable bonds is 3. The van der Waals surface area contributed by atoms with Gasteiger partial charge in [-0.15, -0.1) is 0 Å². The molecule has 11 heteroatoms. The van der Waals surface area contributed by atoms with Gasteiger partial charge in [-0.05, 0) is 50.2 Å². The number of hydrogen-bond donors (Lipinski definition) is 1. The van der Waals surface area contributed by atoms with Gasteiger partial charge in [0.2, 0.25) is 0 Å². The monoisotopic (exact) mass is 440 g/mol. The van der Waals surface area contributed by atoms with Gasteiger partial charge in [0, 0.05) is 42.6 Å². The summed E-state index contributed by atoms with van der Waals surface area (Å²) in [5.74, 6) is -0.435. The predicted molar refractivity (Wildman–Crippen MR) is 106 cm³/mol. The molecule has 7 nitrogen and oxygen atoms in total. The lowest BCUT2D eigenvalue weighted by atomic mass is 10.1. The molecule has 0 radical (unpaired) electrons. The van der Waals surface area contributed by atoms with Gasteiger partial charge in [-0.2, -0.15) is 13.2 Å². The fourth-order valence-corrected chi connectivity index (χ4v) is 3.59. The Morgan fingerprint density at radius 3 is 2.32 bits per heavy atom. The number of nitro benzene ring substituents is 1. The molecule has 0 aliphatic carbocycles. The standard InChI is InChI=1S/C20H20F4N4O3/c1-12-11-27(19(29)25-15-5-3-14(21)4-6-15)13(2)10-26(12)16-7-8-18(28(30)31)17(9-16)20(22,23)24/h3-9,12-13H,10-11H2,1-2H3,(H,25,29)/t12-,13+/m0/s1. The smallest absolute Gasteiger partial charge is 0.365 e. The minimum absolute atomic E-state index is 0.191. The molecule has 0 unspecified atom stereocenters. The second kappa shape index (κ2) is 8.40. The van der Waals surface area contributed by atoms with Crippen LogP contribution in [0.1, 0.15) is 19.4 Å². The molecule has 0 saturated carbocycles. The van der Waals surface area contributed by atoms with E-state index < -0.39 is 34.2 Å². The van der Waals surface area contributed by atoms with E-state index in [4.69, 9.17) is 0 Å². The summed E-state index contributed by atoms with van der Waals surface area (Å²) in [4.78, 5) is 25.8. The van der Waals surface area contributed by atoms with E-state index in [9.17, 15) is 32.5 Å². The molecule has 3 rings (SSSR count). The van der Waals surface area contributed by atoms with Crippen LogP contribution in [0, 0.1) is 15.9 Å². The zero-order valence-corrected chi connectivity index (χ0v) is 16.7. The highest BCUT2D eigenvalue weighted by Crippen LogP contribution is 2.39. The zero-order chi connectivity index (χ0) is 22.9. The maximum Gasteiger partial charge on any atom is 0.423 e. The number of amides is 2. The van der Waals surface area contributed by atoms with Gasteiger partial charge in [0.15, 0.2) is 0 Å². The molecule has 1 saturated heterocycles. The summed E-state index contributed by atoms with van der Waals surface area (Å²) in [5, 5.41) is 13.7. The Bertz CT molecular complexity index is 981. The number of nitrogens with one attached hydrogen (secondary N) is 1. The first kappa shape index (κ1) is 22.3. The van der Waals surface area contributed by atoms with Gasteiger partial charge in [-0.25, -0.2) is 9.18 Å². The van der Waals surface area contributed by atoms with E-state index >= 15 is 0 Å². The van der Waals surface area contributed by atoms with Crippen molar-refractivity contribution in [3.05, 3.63) is 64.0 Å². The number of benzene rings is 2. The third kappa shape index (κ3) is 4.86. The highest BCUT2D eigenvalue weighted by molar-refractivity contribution is 5.89. The Morgan fingerprint density at radius 1 is 1.10 bits per heavy atom. The third-order valence-corrected chi connectivity index (χ3v) is 5.16. The normalized spacial score (nSPS) is 19.3. The maximum atomic E-state index is 13.3. The molecule has 1 aliphatic heterocycles. The second-order valence-electron chi connectivity index (χ2n) is 7.40. The summed E-state index contributed by atoms with van der Waals surface area (Å²) in [5.41, 5.74) is -1.71. The van der Waals surface area contributed by atoms with Gasteiger partial charge in [0.1, 0.15) is 11.4 Å². The van der Waals surface area contributed by atoms with Crippen molar-refractivity contribution in [1.82, 2.24) is 4.90 Å². The van der Waals surface area contributed by atoms with Crippen LogP contribution in [-0.2, 0) is 6.18 Å². The molecule has 0 aromatic heterocycles. The molecule has 1 N–H and O–H groups in total. The number of anilines is 2. The number of halogens is 4. The molecule has 0 spiro atoms. The molecule has 166 valence electrons. The van der Waals surface area contributed by atoms with E-state index in [0.29, 0.717) is 5.69 Å². The number of nitrogens with zero attached hydrogens (tertiary/aromatic N) is 3. The molecule has 0 bridgehead atoms. The van der Waals surface area contributed by atoms with Gasteiger partial charge < -0.3 is 15.1 Å². The lowest BCUT2D eigenvalue weighted by molar-refractivity contribution is -0.388. The molecule has 2 aromatic carbocycles. The molecule has 2 atom stereocenters. The van der Waals surface area contributed by atoms with Crippen LogP contribution in [0.25, 0.3) is 0 Å². The Hall–Kier alpha value is -3.37. The van der Waals surface area contributed by atoms with Gasteiger partial charge >= 0.3 is 12.2 Å². The van der Waals surface area contributed by atoms with Crippen LogP contribution in [0.15, 0.2) is 42.5 Å². The van der Waals surface area contributed by atoms with Crippen LogP contribution in [-0.4, -0.2) is 41.0 Å². The maximum absolute atomic E-state index is 13.3. The van der Waals surface area contributed by atoms with Crippen LogP contribution < -0.4 is 10.2 Å². The summed E-state index contributed by atoms with van der Waals surface area (Å²) in [6, 6.07) is 7.06. The summed E-state index contributed by atoms with van der Waals surface area (Å²) in [6.07, 6.45) is -4.87. The Labute approximate surface area is 175 Å². The van der Waals surface area contributed by atoms with Gasteiger partial charge in [0.05, 0.1) is 4.92 Å². The van der Waals surface area contributed by atoms with E-state index in [0.717, 1.165) is 12.1 Å². The number of carbonyl (C=O) groups excluding carboxylic acids is 1. The molecular formula is C20H20F4N4O3. The fourth-order valence-electron chi connectivity index (χ4n) is 3.59. The van der Waals surface area contributed by atoms with Crippen LogP contribution in [0.3, 0.4) is 0 Å². The van der Waals surface area contributed by atoms with Crippen molar-refractivity contribution in [2.75, 3.05) is 23.3 Å². The summed E-state index contributed by atoms with van der Waals surface area (Å²) in [6.45, 7) is 3.94. The molecule has 1 aliphatic rings. The van der Waals surface area contributed by atoms with Crippen molar-refractivity contribution in [3.8, 4) is 0 Å². The van der Waals surface area contributed by atoms with E-state index in [-0.39, 0.29) is 30.9 Å². The first-order chi connectivity index (χ1) is 14.5. The van der Waals surface area contributed by atoms with Crippen molar-refractivity contribution >= 4 is 23.1 Å². The average molecular weight is 440 g/mol. The van der Waals surface area contributed by atoms with Crippen LogP contribution >= 0.6 is 0 Å². The number of nitro groups is 1. The number of carbonyl (C=O) groups is 1. The predicted octanol–water partition coefficient (Wildman–Crippen LogP) is 4.88. The number of hydrogen-bond acceptors (Lipinski definition) is 4. The first-order valence-electron chi connectivity index (χ1n) is 9.43. The number of urea groups is 1. The van der Waals surface area contributed by atoms with Crippen molar-refractivity contribution < 1.29 is 27.3 Å². The van der Waals surface area contributed by atoms with Gasteiger partial charge in [-0.3, -0.25) is 10.1 Å². The lowest BCUT2D eigenvalue weighted by Gasteiger charge is -2.45. The molecule has 2 aromatic rings. The fraction of sp³-hybridized carbons (Fsp3) is 0.350. The minimum Gasteiger partial charge on any atom is -0.365 e. The first-order valence-corrected chi connectivity index (χ1v) is 9.43. The Morgan fingerprint density at radius 2 is 1.74 bits per heavy atom. The highest BCUT2D eigenvalue weighted by Gasteiger charge is 2.40. The highest BCUT2D eigenvalue weighted by atomic mass is 19.4. The SMILES string of the molecule is C[C@@H]1CN(c2ccc([N+](=O)[O-])c(C(F)(F)F)c2)[C@@H](C)CN1C(=O)Nc1ccc(F)cc1. The molecule has 1 heterocycles. The largest absolute Gasteiger partial charge is 0.423 e. The quantitative estimate of drug-likeness (QED) is 0.419. The van der Waals surface area contributed by atoms with E-state index in [1.54, 1.807) is 23.6 Å². The van der Waals surface area contributed by atoms with E-state index in [2.05, 4.69) is 5.32 Å². The Balaban J connectivity index is 1.79. The second-order valence-corrected chi connectivity index (χ2v) is 7.40. The van der Waals surface area contributed by atoms with E-state index in [1.165, 1.54) is 30.3 Å². The molecular weight excluding hydrogens is 420 g/mol. The van der Waals surface area contributed by atoms with Crippen LogP contribution in [0.4, 0.5) is 39.4 Å². The zero-order valence-electron chi connectivity index (χ0n) is 16.7. The average Bonchev–Trinajstić information content (AvgIpc) is 2.70. The number of alkyl halides is 3. The topological polar surface area (TPSA) is 78.7 Å². The number of piperazine rings is 1. The third-order valence-electron chi connectivity index (χ3n) is 5.16. The van der Waals surface area contributed by atoms with Crippen LogP contribution in [0.5, 0.6) is 0 Å². The molecule has 2 amide bonds. The summed E-state index contributed by atoms with van der Waals surface area (Å²) in [7, 11) is 0. The summed E-state index contributed by atoms with van der Waals surface area (Å²) >= 11 is 0. The minimum atomic E-state index is -4.87. The van der Waals surface area contributed by atoms with Crippen molar-refractivity contribution in [3.63, 3.8) is 0 Å². The Kier molecular flexibility index (Phi) is 6.05. The van der Waals surface area contributed by atoms with Gasteiger partial charge in [0.25, 0.3) is 5.69 Å². The van der Waals surface area contributed by atoms with E-state index in [1.807, 2.05) is 0 Å². The van der Waals surface area contributed by atoms with Gasteiger partial charge in [-0.1, -0.05) is 0 Å². The van der Waals surface area contributed by atoms with Crippen molar-refractivity contribution in [1.29, 1.82) is 0 Å². The molecule has 1 fully saturated rings. The van der Waals surface area contributed by atoms with Crippen molar-refractivity contribution in [2.45, 2.75) is 32.1 Å². The van der Waals surface area contributed by atoms with Crippen LogP contribution in [0.2, 0.25) is 0 Å². The lowest BCUT2D eigenvalue weighted by Crippen LogP contribution is -2.59.